The van der Waals surface area contributed by atoms with Gasteiger partial charge in [-0.15, -0.1) is 11.6 Å². The molecule has 0 amide bonds. The Morgan fingerprint density at radius 1 is 1.43 bits per heavy atom. The second-order valence-electron chi connectivity index (χ2n) is 2.96. The van der Waals surface area contributed by atoms with Gasteiger partial charge in [0.15, 0.2) is 0 Å². The lowest BCUT2D eigenvalue weighted by Gasteiger charge is -2.03. The minimum Gasteiger partial charge on any atom is -0.207 e. The highest BCUT2D eigenvalue weighted by atomic mass is 35.5. The largest absolute Gasteiger partial charge is 0.207 e. The summed E-state index contributed by atoms with van der Waals surface area (Å²) >= 11 is 11.5. The fourth-order valence-corrected chi connectivity index (χ4v) is 1.43. The summed E-state index contributed by atoms with van der Waals surface area (Å²) in [5, 5.41) is 0.468. The second kappa shape index (κ2) is 5.38. The predicted molar refractivity (Wildman–Crippen MR) is 60.5 cm³/mol. The summed E-state index contributed by atoms with van der Waals surface area (Å²) in [5.74, 6) is 0.304. The van der Waals surface area contributed by atoms with Gasteiger partial charge in [0.1, 0.15) is 5.82 Å². The zero-order chi connectivity index (χ0) is 10.6. The van der Waals surface area contributed by atoms with Crippen molar-refractivity contribution in [2.45, 2.75) is 13.3 Å². The molecular weight excluding hydrogens is 222 g/mol. The molecule has 0 heterocycles. The first-order valence-corrected chi connectivity index (χ1v) is 5.25. The molecule has 0 spiro atoms. The molecule has 3 heteroatoms. The molecule has 0 nitrogen and oxygen atoms in total. The Morgan fingerprint density at radius 2 is 2.14 bits per heavy atom. The topological polar surface area (TPSA) is 0 Å². The molecule has 0 aliphatic carbocycles. The lowest BCUT2D eigenvalue weighted by Crippen LogP contribution is -1.86. The summed E-state index contributed by atoms with van der Waals surface area (Å²) in [6, 6.07) is 3.08. The van der Waals surface area contributed by atoms with Gasteiger partial charge < -0.3 is 0 Å². The molecule has 0 aliphatic heterocycles. The molecule has 0 bridgehead atoms. The maximum atomic E-state index is 13.0. The third-order valence-corrected chi connectivity index (χ3v) is 2.64. The van der Waals surface area contributed by atoms with Gasteiger partial charge in [-0.05, 0) is 25.0 Å². The van der Waals surface area contributed by atoms with Crippen LogP contribution in [0.2, 0.25) is 5.02 Å². The van der Waals surface area contributed by atoms with Crippen molar-refractivity contribution in [3.8, 4) is 0 Å². The maximum Gasteiger partial charge on any atom is 0.127 e. The summed E-state index contributed by atoms with van der Waals surface area (Å²) in [6.45, 7) is 1.66. The molecule has 76 valence electrons. The van der Waals surface area contributed by atoms with Crippen LogP contribution < -0.4 is 0 Å². The van der Waals surface area contributed by atoms with E-state index in [0.717, 1.165) is 12.0 Å². The number of benzene rings is 1. The monoisotopic (exact) mass is 232 g/mol. The standard InChI is InChI=1S/C11H11Cl2F/c1-8-10(14)6-5-9(11(8)13)4-2-3-7-12/h2,4-6H,3,7H2,1H3. The van der Waals surface area contributed by atoms with Crippen LogP contribution in [0.25, 0.3) is 6.08 Å². The zero-order valence-corrected chi connectivity index (χ0v) is 9.37. The van der Waals surface area contributed by atoms with E-state index in [1.54, 1.807) is 13.0 Å². The highest BCUT2D eigenvalue weighted by molar-refractivity contribution is 6.32. The Hall–Kier alpha value is -0.530. The molecule has 0 saturated carbocycles. The first kappa shape index (κ1) is 11.5. The quantitative estimate of drug-likeness (QED) is 0.677. The van der Waals surface area contributed by atoms with Gasteiger partial charge in [-0.1, -0.05) is 29.8 Å². The Morgan fingerprint density at radius 3 is 2.79 bits per heavy atom. The Kier molecular flexibility index (Phi) is 4.43. The molecule has 1 aromatic rings. The van der Waals surface area contributed by atoms with Crippen LogP contribution >= 0.6 is 23.2 Å². The summed E-state index contributed by atoms with van der Waals surface area (Å²) in [4.78, 5) is 0. The van der Waals surface area contributed by atoms with Crippen LogP contribution in [0.15, 0.2) is 18.2 Å². The lowest BCUT2D eigenvalue weighted by molar-refractivity contribution is 0.618. The summed E-state index contributed by atoms with van der Waals surface area (Å²) in [5.41, 5.74) is 1.32. The molecule has 0 aromatic heterocycles. The maximum absolute atomic E-state index is 13.0. The minimum absolute atomic E-state index is 0.274. The number of rotatable bonds is 3. The van der Waals surface area contributed by atoms with E-state index in [9.17, 15) is 4.39 Å². The molecule has 14 heavy (non-hydrogen) atoms. The Bertz CT molecular complexity index is 345. The number of hydrogen-bond donors (Lipinski definition) is 0. The second-order valence-corrected chi connectivity index (χ2v) is 3.71. The van der Waals surface area contributed by atoms with Crippen molar-refractivity contribution in [2.24, 2.45) is 0 Å². The Labute approximate surface area is 93.3 Å². The van der Waals surface area contributed by atoms with Crippen LogP contribution in [-0.2, 0) is 0 Å². The first-order valence-electron chi connectivity index (χ1n) is 4.34. The number of alkyl halides is 1. The molecule has 0 fully saturated rings. The fraction of sp³-hybridized carbons (Fsp3) is 0.273. The van der Waals surface area contributed by atoms with E-state index >= 15 is 0 Å². The van der Waals surface area contributed by atoms with E-state index in [2.05, 4.69) is 0 Å². The smallest absolute Gasteiger partial charge is 0.127 e. The van der Waals surface area contributed by atoms with E-state index in [4.69, 9.17) is 23.2 Å². The SMILES string of the molecule is Cc1c(F)ccc(C=CCCCl)c1Cl. The molecule has 0 unspecified atom stereocenters. The minimum atomic E-state index is -0.274. The summed E-state index contributed by atoms with van der Waals surface area (Å²) in [7, 11) is 0. The van der Waals surface area contributed by atoms with Crippen LogP contribution in [0.3, 0.4) is 0 Å². The van der Waals surface area contributed by atoms with Gasteiger partial charge in [0, 0.05) is 11.4 Å². The van der Waals surface area contributed by atoms with Gasteiger partial charge in [-0.2, -0.15) is 0 Å². The highest BCUT2D eigenvalue weighted by Crippen LogP contribution is 2.24. The van der Waals surface area contributed by atoms with Crippen molar-refractivity contribution in [2.75, 3.05) is 5.88 Å². The van der Waals surface area contributed by atoms with Crippen molar-refractivity contribution in [1.82, 2.24) is 0 Å². The van der Waals surface area contributed by atoms with Crippen molar-refractivity contribution in [1.29, 1.82) is 0 Å². The van der Waals surface area contributed by atoms with Crippen LogP contribution in [0.4, 0.5) is 4.39 Å². The van der Waals surface area contributed by atoms with E-state index in [-0.39, 0.29) is 5.82 Å². The van der Waals surface area contributed by atoms with E-state index in [1.165, 1.54) is 6.07 Å². The molecule has 1 rings (SSSR count). The van der Waals surface area contributed by atoms with Crippen LogP contribution in [-0.4, -0.2) is 5.88 Å². The van der Waals surface area contributed by atoms with Crippen LogP contribution in [0.5, 0.6) is 0 Å². The molecule has 1 aromatic carbocycles. The van der Waals surface area contributed by atoms with Gasteiger partial charge in [-0.3, -0.25) is 0 Å². The Balaban J connectivity index is 2.94. The van der Waals surface area contributed by atoms with Crippen molar-refractivity contribution < 1.29 is 4.39 Å². The predicted octanol–water partition coefficient (Wildman–Crippen LogP) is 4.43. The molecule has 0 N–H and O–H groups in total. The normalized spacial score (nSPS) is 11.1. The van der Waals surface area contributed by atoms with Gasteiger partial charge in [0.25, 0.3) is 0 Å². The first-order chi connectivity index (χ1) is 6.66. The van der Waals surface area contributed by atoms with E-state index in [1.807, 2.05) is 12.2 Å². The van der Waals surface area contributed by atoms with Crippen molar-refractivity contribution in [3.05, 3.63) is 40.2 Å². The molecule has 0 radical (unpaired) electrons. The molecule has 0 aliphatic rings. The summed E-state index contributed by atoms with van der Waals surface area (Å²) in [6.07, 6.45) is 4.57. The third-order valence-electron chi connectivity index (χ3n) is 1.92. The van der Waals surface area contributed by atoms with Gasteiger partial charge in [0.2, 0.25) is 0 Å². The van der Waals surface area contributed by atoms with Gasteiger partial charge in [0.05, 0.1) is 5.02 Å². The van der Waals surface area contributed by atoms with E-state index < -0.39 is 0 Å². The fourth-order valence-electron chi connectivity index (χ4n) is 1.08. The highest BCUT2D eigenvalue weighted by Gasteiger charge is 2.04. The third kappa shape index (κ3) is 2.73. The average molecular weight is 233 g/mol. The van der Waals surface area contributed by atoms with Crippen LogP contribution in [0.1, 0.15) is 17.5 Å². The van der Waals surface area contributed by atoms with E-state index in [0.29, 0.717) is 16.5 Å². The number of allylic oxidation sites excluding steroid dienone is 1. The molecule has 0 saturated heterocycles. The zero-order valence-electron chi connectivity index (χ0n) is 7.86. The summed E-state index contributed by atoms with van der Waals surface area (Å²) < 4.78 is 13.0. The van der Waals surface area contributed by atoms with Crippen LogP contribution in [0, 0.1) is 12.7 Å². The molecule has 0 atom stereocenters. The van der Waals surface area contributed by atoms with Crippen molar-refractivity contribution >= 4 is 29.3 Å². The van der Waals surface area contributed by atoms with Gasteiger partial charge in [-0.25, -0.2) is 4.39 Å². The number of hydrogen-bond acceptors (Lipinski definition) is 0. The average Bonchev–Trinajstić information content (AvgIpc) is 2.18. The number of halogens is 3. The van der Waals surface area contributed by atoms with Gasteiger partial charge >= 0.3 is 0 Å². The lowest BCUT2D eigenvalue weighted by atomic mass is 10.1. The van der Waals surface area contributed by atoms with Crippen molar-refractivity contribution in [3.63, 3.8) is 0 Å². The molecular formula is C11H11Cl2F.